The summed E-state index contributed by atoms with van der Waals surface area (Å²) in [6.45, 7) is 6.11. The van der Waals surface area contributed by atoms with Crippen molar-refractivity contribution in [2.24, 2.45) is 0 Å². The Labute approximate surface area is 156 Å². The minimum absolute atomic E-state index is 0.0560. The van der Waals surface area contributed by atoms with E-state index in [1.54, 1.807) is 0 Å². The zero-order valence-electron chi connectivity index (χ0n) is 15.9. The van der Waals surface area contributed by atoms with Gasteiger partial charge in [0.05, 0.1) is 11.9 Å². The van der Waals surface area contributed by atoms with Crippen LogP contribution in [0.3, 0.4) is 0 Å². The van der Waals surface area contributed by atoms with Crippen LogP contribution in [0.5, 0.6) is 0 Å². The van der Waals surface area contributed by atoms with Crippen molar-refractivity contribution in [2.45, 2.75) is 57.7 Å². The summed E-state index contributed by atoms with van der Waals surface area (Å²) < 4.78 is 25.1. The molecule has 0 radical (unpaired) electrons. The van der Waals surface area contributed by atoms with Crippen LogP contribution in [0.1, 0.15) is 44.6 Å². The van der Waals surface area contributed by atoms with E-state index in [4.69, 9.17) is 0 Å². The first-order valence-electron chi connectivity index (χ1n) is 9.53. The van der Waals surface area contributed by atoms with Crippen LogP contribution in [0.2, 0.25) is 0 Å². The second kappa shape index (κ2) is 7.68. The Balaban J connectivity index is 1.64. The third-order valence-electron chi connectivity index (χ3n) is 5.79. The molecule has 146 valence electrons. The van der Waals surface area contributed by atoms with Crippen molar-refractivity contribution < 1.29 is 13.2 Å². The number of likely N-dealkylation sites (tertiary alicyclic amines) is 2. The minimum Gasteiger partial charge on any atom is -0.336 e. The minimum atomic E-state index is -3.06. The van der Waals surface area contributed by atoms with Crippen LogP contribution in [0.25, 0.3) is 0 Å². The van der Waals surface area contributed by atoms with Crippen molar-refractivity contribution in [2.75, 3.05) is 31.6 Å². The van der Waals surface area contributed by atoms with Gasteiger partial charge in [0.15, 0.2) is 0 Å². The fourth-order valence-corrected chi connectivity index (χ4v) is 4.84. The van der Waals surface area contributed by atoms with E-state index in [0.29, 0.717) is 13.0 Å². The van der Waals surface area contributed by atoms with Crippen LogP contribution in [0.15, 0.2) is 12.4 Å². The maximum absolute atomic E-state index is 12.4. The van der Waals surface area contributed by atoms with Gasteiger partial charge in [-0.1, -0.05) is 0 Å². The molecule has 1 amide bonds. The van der Waals surface area contributed by atoms with Crippen LogP contribution < -0.4 is 0 Å². The van der Waals surface area contributed by atoms with Crippen molar-refractivity contribution in [3.63, 3.8) is 0 Å². The van der Waals surface area contributed by atoms with Crippen molar-refractivity contribution >= 4 is 15.7 Å². The number of carbonyl (C=O) groups is 1. The molecule has 0 aromatic carbocycles. The summed E-state index contributed by atoms with van der Waals surface area (Å²) in [6.07, 6.45) is 9.60. The molecule has 26 heavy (non-hydrogen) atoms. The van der Waals surface area contributed by atoms with Crippen molar-refractivity contribution in [3.05, 3.63) is 18.0 Å². The maximum atomic E-state index is 12.4. The standard InChI is InChI=1S/C18H30N4O3S/c1-3-21-15-16(13-19-21)14-20-9-4-6-18(8-10-20)7-5-17(23)22(18)11-12-26(2,24)25/h13,15H,3-12,14H2,1-2H3. The monoisotopic (exact) mass is 382 g/mol. The van der Waals surface area contributed by atoms with Gasteiger partial charge in [0, 0.05) is 56.2 Å². The molecule has 0 N–H and O–H groups in total. The highest BCUT2D eigenvalue weighted by molar-refractivity contribution is 7.90. The van der Waals surface area contributed by atoms with Crippen molar-refractivity contribution in [1.82, 2.24) is 19.6 Å². The Hall–Kier alpha value is -1.41. The predicted molar refractivity (Wildman–Crippen MR) is 100 cm³/mol. The molecule has 2 aliphatic rings. The first-order valence-corrected chi connectivity index (χ1v) is 11.6. The number of carbonyl (C=O) groups excluding carboxylic acids is 1. The molecule has 2 aliphatic heterocycles. The first-order chi connectivity index (χ1) is 12.3. The van der Waals surface area contributed by atoms with Crippen molar-refractivity contribution in [3.8, 4) is 0 Å². The number of aromatic nitrogens is 2. The fraction of sp³-hybridized carbons (Fsp3) is 0.778. The van der Waals surface area contributed by atoms with Gasteiger partial charge in [-0.15, -0.1) is 0 Å². The smallest absolute Gasteiger partial charge is 0.223 e. The van der Waals surface area contributed by atoms with Crippen LogP contribution >= 0.6 is 0 Å². The molecule has 0 bridgehead atoms. The van der Waals surface area contributed by atoms with Gasteiger partial charge in [-0.2, -0.15) is 5.10 Å². The highest BCUT2D eigenvalue weighted by Gasteiger charge is 2.45. The topological polar surface area (TPSA) is 75.5 Å². The number of hydrogen-bond acceptors (Lipinski definition) is 5. The van der Waals surface area contributed by atoms with Gasteiger partial charge in [0.25, 0.3) is 0 Å². The molecule has 7 nitrogen and oxygen atoms in total. The second-order valence-corrected chi connectivity index (χ2v) is 9.99. The van der Waals surface area contributed by atoms with E-state index in [2.05, 4.69) is 23.1 Å². The molecule has 8 heteroatoms. The normalized spacial score (nSPS) is 25.2. The lowest BCUT2D eigenvalue weighted by molar-refractivity contribution is -0.131. The SMILES string of the molecule is CCn1cc(CN2CCCC3(CCC(=O)N3CCS(C)(=O)=O)CC2)cn1. The van der Waals surface area contributed by atoms with E-state index >= 15 is 0 Å². The number of amides is 1. The number of rotatable bonds is 6. The molecule has 0 saturated carbocycles. The lowest BCUT2D eigenvalue weighted by Gasteiger charge is -2.38. The van der Waals surface area contributed by atoms with Crippen LogP contribution in [0.4, 0.5) is 0 Å². The molecule has 1 aromatic rings. The summed E-state index contributed by atoms with van der Waals surface area (Å²) in [4.78, 5) is 16.7. The lowest BCUT2D eigenvalue weighted by Crippen LogP contribution is -2.48. The highest BCUT2D eigenvalue weighted by atomic mass is 32.2. The molecular formula is C18H30N4O3S. The van der Waals surface area contributed by atoms with Crippen LogP contribution in [-0.4, -0.2) is 71.1 Å². The van der Waals surface area contributed by atoms with Gasteiger partial charge in [-0.05, 0) is 39.2 Å². The molecule has 1 atom stereocenters. The predicted octanol–water partition coefficient (Wildman–Crippen LogP) is 1.29. The Kier molecular flexibility index (Phi) is 5.72. The number of hydrogen-bond donors (Lipinski definition) is 0. The van der Waals surface area contributed by atoms with E-state index in [9.17, 15) is 13.2 Å². The molecule has 1 unspecified atom stereocenters. The molecule has 3 rings (SSSR count). The molecule has 3 heterocycles. The maximum Gasteiger partial charge on any atom is 0.223 e. The van der Waals surface area contributed by atoms with E-state index < -0.39 is 9.84 Å². The Morgan fingerprint density at radius 2 is 2.04 bits per heavy atom. The third-order valence-corrected chi connectivity index (χ3v) is 6.71. The zero-order valence-corrected chi connectivity index (χ0v) is 16.7. The molecule has 1 spiro atoms. The fourth-order valence-electron chi connectivity index (χ4n) is 4.33. The van der Waals surface area contributed by atoms with E-state index in [1.807, 2.05) is 15.8 Å². The Bertz CT molecular complexity index is 745. The van der Waals surface area contributed by atoms with Gasteiger partial charge in [-0.3, -0.25) is 14.4 Å². The lowest BCUT2D eigenvalue weighted by atomic mass is 9.88. The van der Waals surface area contributed by atoms with Gasteiger partial charge >= 0.3 is 0 Å². The third kappa shape index (κ3) is 4.46. The quantitative estimate of drug-likeness (QED) is 0.741. The summed E-state index contributed by atoms with van der Waals surface area (Å²) in [5.74, 6) is 0.173. The van der Waals surface area contributed by atoms with E-state index in [-0.39, 0.29) is 17.2 Å². The van der Waals surface area contributed by atoms with Crippen LogP contribution in [-0.2, 0) is 27.7 Å². The summed E-state index contributed by atoms with van der Waals surface area (Å²) >= 11 is 0. The zero-order chi connectivity index (χ0) is 18.8. The number of nitrogens with zero attached hydrogens (tertiary/aromatic N) is 4. The molecule has 2 fully saturated rings. The van der Waals surface area contributed by atoms with E-state index in [1.165, 1.54) is 11.8 Å². The number of aryl methyl sites for hydroxylation is 1. The van der Waals surface area contributed by atoms with Gasteiger partial charge in [0.1, 0.15) is 9.84 Å². The summed E-state index contributed by atoms with van der Waals surface area (Å²) in [5, 5.41) is 4.34. The average molecular weight is 383 g/mol. The summed E-state index contributed by atoms with van der Waals surface area (Å²) in [6, 6.07) is 0. The van der Waals surface area contributed by atoms with Gasteiger partial charge in [-0.25, -0.2) is 8.42 Å². The highest BCUT2D eigenvalue weighted by Crippen LogP contribution is 2.39. The average Bonchev–Trinajstić information content (AvgIpc) is 3.08. The summed E-state index contributed by atoms with van der Waals surface area (Å²) in [5.41, 5.74) is 1.07. The first kappa shape index (κ1) is 19.4. The van der Waals surface area contributed by atoms with Gasteiger partial charge in [0.2, 0.25) is 5.91 Å². The summed E-state index contributed by atoms with van der Waals surface area (Å²) in [7, 11) is -3.06. The van der Waals surface area contributed by atoms with Crippen LogP contribution in [0, 0.1) is 0 Å². The van der Waals surface area contributed by atoms with E-state index in [0.717, 1.165) is 51.9 Å². The Morgan fingerprint density at radius 1 is 1.23 bits per heavy atom. The Morgan fingerprint density at radius 3 is 2.73 bits per heavy atom. The molecular weight excluding hydrogens is 352 g/mol. The molecule has 1 aromatic heterocycles. The molecule has 2 saturated heterocycles. The second-order valence-electron chi connectivity index (χ2n) is 7.73. The largest absolute Gasteiger partial charge is 0.336 e. The van der Waals surface area contributed by atoms with Crippen molar-refractivity contribution in [1.29, 1.82) is 0 Å². The number of sulfone groups is 1. The molecule has 0 aliphatic carbocycles. The van der Waals surface area contributed by atoms with Gasteiger partial charge < -0.3 is 4.90 Å².